The van der Waals surface area contributed by atoms with E-state index in [2.05, 4.69) is 138 Å². The third kappa shape index (κ3) is 17.7. The van der Waals surface area contributed by atoms with Gasteiger partial charge in [-0.15, -0.1) is 0 Å². The zero-order chi connectivity index (χ0) is 58.7. The van der Waals surface area contributed by atoms with Crippen LogP contribution in [-0.2, 0) is 39.8 Å². The van der Waals surface area contributed by atoms with Gasteiger partial charge in [-0.3, -0.25) is 15.0 Å². The largest absolute Gasteiger partial charge is 0.397 e. The number of anilines is 6. The minimum Gasteiger partial charge on any atom is -0.397 e. The van der Waals surface area contributed by atoms with Gasteiger partial charge in [0.25, 0.3) is 0 Å². The standard InChI is InChI=1S/C21H27N5.C20H25N5.C13H20N2.C7H9BrN2.C6H11I/c1-4-15-10-17(16-8-6-5-7-9-16)22-13-20(15)26(3)21-11-19-18(12-23-21)24-14-25(19)2;1-3-14-9-16(15-7-5-4-6-8-15)21-11-17(14)24-20-10-19-18(12-22-20)23-13-25(19)2;1-2-10-8-13(15-9-12(10)14)11-6-4-3-5-7-11;1-2-5-3-7(8)10-4-6(5)9;7-6-4-2-1-3-5-6/h10-14,16H,4-9H2,1-3H3;9-13,15H,3-8H2,1-2H3,(H,22,24);8-9,11H,2-7,14H2,1H3;3-4H,2,9H2,1H3;6H,1-5H2. The monoisotopic (exact) mass is 1300 g/mol. The quantitative estimate of drug-likeness (QED) is 0.0635. The molecular weight excluding hydrogens is 1210 g/mol. The van der Waals surface area contributed by atoms with Crippen molar-refractivity contribution in [2.75, 3.05) is 28.7 Å². The van der Waals surface area contributed by atoms with Crippen molar-refractivity contribution in [3.8, 4) is 0 Å². The Bertz CT molecular complexity index is 3280. The van der Waals surface area contributed by atoms with Crippen LogP contribution >= 0.6 is 38.5 Å². The molecule has 16 heteroatoms. The number of hydrogen-bond acceptors (Lipinski definition) is 12. The summed E-state index contributed by atoms with van der Waals surface area (Å²) in [6.07, 6.45) is 46.1. The van der Waals surface area contributed by atoms with Crippen molar-refractivity contribution in [3.05, 3.63) is 130 Å². The highest BCUT2D eigenvalue weighted by Gasteiger charge is 2.22. The van der Waals surface area contributed by atoms with E-state index in [1.54, 1.807) is 6.20 Å². The molecule has 4 fully saturated rings. The molecule has 0 radical (unpaired) electrons. The van der Waals surface area contributed by atoms with Gasteiger partial charge in [-0.2, -0.15) is 0 Å². The normalized spacial score (nSPS) is 16.1. The van der Waals surface area contributed by atoms with Gasteiger partial charge in [0.15, 0.2) is 0 Å². The summed E-state index contributed by atoms with van der Waals surface area (Å²) in [5, 5.41) is 3.45. The van der Waals surface area contributed by atoms with Gasteiger partial charge in [0.05, 0.1) is 83.6 Å². The molecule has 4 saturated carbocycles. The van der Waals surface area contributed by atoms with Crippen molar-refractivity contribution >= 4 is 95.0 Å². The fourth-order valence-corrected chi connectivity index (χ4v) is 13.4. The molecule has 0 aromatic carbocycles. The highest BCUT2D eigenvalue weighted by atomic mass is 127. The fraction of sp³-hybridized carbons (Fsp3) is 0.522. The molecule has 0 amide bonds. The molecule has 0 unspecified atom stereocenters. The van der Waals surface area contributed by atoms with Gasteiger partial charge in [0.2, 0.25) is 0 Å². The van der Waals surface area contributed by atoms with E-state index < -0.39 is 0 Å². The minimum atomic E-state index is 0.636. The number of imidazole rings is 2. The lowest BCUT2D eigenvalue weighted by atomic mass is 9.86. The molecule has 444 valence electrons. The highest BCUT2D eigenvalue weighted by molar-refractivity contribution is 14.1. The van der Waals surface area contributed by atoms with Crippen LogP contribution in [0.4, 0.5) is 34.4 Å². The van der Waals surface area contributed by atoms with Crippen molar-refractivity contribution < 1.29 is 0 Å². The first kappa shape index (κ1) is 63.3. The summed E-state index contributed by atoms with van der Waals surface area (Å²) in [5.74, 6) is 3.71. The second-order valence-corrected chi connectivity index (χ2v) is 25.7. The average Bonchev–Trinajstić information content (AvgIpc) is 4.11. The van der Waals surface area contributed by atoms with Gasteiger partial charge < -0.3 is 30.8 Å². The smallest absolute Gasteiger partial charge is 0.134 e. The van der Waals surface area contributed by atoms with Gasteiger partial charge in [0.1, 0.15) is 27.3 Å². The lowest BCUT2D eigenvalue weighted by Gasteiger charge is -2.25. The molecular formula is C67H92BrIN14. The number of rotatable bonds is 11. The molecule has 8 aromatic rings. The van der Waals surface area contributed by atoms with Gasteiger partial charge in [-0.05, 0) is 139 Å². The Morgan fingerprint density at radius 2 is 0.928 bits per heavy atom. The van der Waals surface area contributed by atoms with Crippen molar-refractivity contribution in [1.29, 1.82) is 0 Å². The van der Waals surface area contributed by atoms with Gasteiger partial charge in [-0.1, -0.05) is 127 Å². The van der Waals surface area contributed by atoms with Crippen molar-refractivity contribution in [2.24, 2.45) is 14.1 Å². The second kappa shape index (κ2) is 31.9. The molecule has 0 saturated heterocycles. The Kier molecular flexibility index (Phi) is 24.4. The van der Waals surface area contributed by atoms with Gasteiger partial charge in [0, 0.05) is 72.0 Å². The van der Waals surface area contributed by atoms with E-state index in [0.717, 1.165) is 96.2 Å². The van der Waals surface area contributed by atoms with Crippen LogP contribution in [-0.4, -0.2) is 60.0 Å². The van der Waals surface area contributed by atoms with Crippen LogP contribution in [0.1, 0.15) is 213 Å². The highest BCUT2D eigenvalue weighted by Crippen LogP contribution is 2.37. The van der Waals surface area contributed by atoms with Crippen LogP contribution < -0.4 is 21.7 Å². The third-order valence-corrected chi connectivity index (χ3v) is 19.0. The molecule has 0 atom stereocenters. The SMILES string of the molecule is CCc1cc(Br)ncc1N.CCc1cc(C2CCCCC2)ncc1N.CCc1cc(C2CCCCC2)ncc1N(C)c1cc2c(cn1)ncn2C.CCc1cc(C2CCCCC2)ncc1Nc1cc2c(cn1)ncn2C.IC1CCCCC1. The molecule has 0 aliphatic heterocycles. The van der Waals surface area contributed by atoms with E-state index >= 15 is 0 Å². The Balaban J connectivity index is 0.000000146. The van der Waals surface area contributed by atoms with Crippen LogP contribution in [0.2, 0.25) is 0 Å². The van der Waals surface area contributed by atoms with Crippen molar-refractivity contribution in [3.63, 3.8) is 0 Å². The maximum atomic E-state index is 5.87. The van der Waals surface area contributed by atoms with E-state index in [-0.39, 0.29) is 0 Å². The van der Waals surface area contributed by atoms with Gasteiger partial charge in [-0.25, -0.2) is 24.9 Å². The number of nitrogens with two attached hydrogens (primary N) is 2. The number of fused-ring (bicyclic) bond motifs is 2. The summed E-state index contributed by atoms with van der Waals surface area (Å²) in [6.45, 7) is 8.63. The molecule has 8 aromatic heterocycles. The first-order valence-corrected chi connectivity index (χ1v) is 33.2. The molecule has 4 aliphatic carbocycles. The van der Waals surface area contributed by atoms with Crippen LogP contribution in [0.3, 0.4) is 0 Å². The number of alkyl halides is 1. The summed E-state index contributed by atoms with van der Waals surface area (Å²) < 4.78 is 5.89. The summed E-state index contributed by atoms with van der Waals surface area (Å²) in [5.41, 5.74) is 28.1. The van der Waals surface area contributed by atoms with Crippen LogP contribution in [0.15, 0.2) is 90.8 Å². The number of nitrogens with zero attached hydrogens (tertiary/aromatic N) is 11. The van der Waals surface area contributed by atoms with Crippen LogP contribution in [0.5, 0.6) is 0 Å². The topological polar surface area (TPSA) is 180 Å². The Labute approximate surface area is 517 Å². The first-order valence-electron chi connectivity index (χ1n) is 31.2. The zero-order valence-corrected chi connectivity index (χ0v) is 54.4. The molecule has 12 rings (SSSR count). The van der Waals surface area contributed by atoms with E-state index in [1.807, 2.05) is 79.0 Å². The Hall–Kier alpha value is -5.75. The lowest BCUT2D eigenvalue weighted by molar-refractivity contribution is 0.436. The number of pyridine rings is 6. The molecule has 4 aliphatic rings. The fourth-order valence-electron chi connectivity index (χ4n) is 12.1. The number of nitrogens with one attached hydrogen (secondary N) is 1. The number of halogens is 2. The molecule has 0 spiro atoms. The van der Waals surface area contributed by atoms with Crippen LogP contribution in [0.25, 0.3) is 22.1 Å². The molecule has 8 heterocycles. The Morgan fingerprint density at radius 1 is 0.494 bits per heavy atom. The third-order valence-electron chi connectivity index (χ3n) is 17.3. The first-order chi connectivity index (χ1) is 40.3. The Morgan fingerprint density at radius 3 is 1.42 bits per heavy atom. The van der Waals surface area contributed by atoms with E-state index in [0.29, 0.717) is 17.8 Å². The van der Waals surface area contributed by atoms with Crippen LogP contribution in [0, 0.1) is 0 Å². The zero-order valence-electron chi connectivity index (χ0n) is 50.7. The summed E-state index contributed by atoms with van der Waals surface area (Å²) >= 11 is 5.83. The molecule has 14 nitrogen and oxygen atoms in total. The molecule has 5 N–H and O–H groups in total. The average molecular weight is 1300 g/mol. The maximum Gasteiger partial charge on any atom is 0.134 e. The van der Waals surface area contributed by atoms with E-state index in [1.165, 1.54) is 162 Å². The second-order valence-electron chi connectivity index (χ2n) is 23.2. The van der Waals surface area contributed by atoms with Gasteiger partial charge >= 0.3 is 0 Å². The number of hydrogen-bond donors (Lipinski definition) is 3. The number of aromatic nitrogens is 10. The lowest BCUT2D eigenvalue weighted by Crippen LogP contribution is -2.15. The summed E-state index contributed by atoms with van der Waals surface area (Å²) in [6, 6.07) is 12.9. The van der Waals surface area contributed by atoms with E-state index in [4.69, 9.17) is 21.4 Å². The minimum absolute atomic E-state index is 0.636. The van der Waals surface area contributed by atoms with E-state index in [9.17, 15) is 0 Å². The molecule has 0 bridgehead atoms. The predicted molar refractivity (Wildman–Crippen MR) is 358 cm³/mol. The van der Waals surface area contributed by atoms with Crippen molar-refractivity contribution in [2.45, 2.75) is 203 Å². The number of aryl methyl sites for hydroxylation is 6. The predicted octanol–water partition coefficient (Wildman–Crippen LogP) is 17.5. The summed E-state index contributed by atoms with van der Waals surface area (Å²) in [7, 11) is 6.08. The maximum absolute atomic E-state index is 5.87. The summed E-state index contributed by atoms with van der Waals surface area (Å²) in [4.78, 5) is 38.0. The van der Waals surface area contributed by atoms with Crippen molar-refractivity contribution in [1.82, 2.24) is 49.0 Å². The molecule has 83 heavy (non-hydrogen) atoms. The number of nitrogen functional groups attached to an aromatic ring is 2.